The molecule has 6 nitrogen and oxygen atoms in total. The van der Waals surface area contributed by atoms with Gasteiger partial charge in [0, 0.05) is 43.5 Å². The number of nitrogens with one attached hydrogen (secondary N) is 1. The van der Waals surface area contributed by atoms with Crippen LogP contribution in [0.25, 0.3) is 6.08 Å². The number of nitrogens with zero attached hydrogens (tertiary/aromatic N) is 3. The molecular formula is C22H35ClN4O2. The number of carbonyl (C=O) groups is 1. The third kappa shape index (κ3) is 5.62. The molecule has 162 valence electrons. The van der Waals surface area contributed by atoms with Gasteiger partial charge >= 0.3 is 0 Å². The van der Waals surface area contributed by atoms with Crippen molar-refractivity contribution in [1.82, 2.24) is 20.0 Å². The maximum atomic E-state index is 12.6. The average Bonchev–Trinajstić information content (AvgIpc) is 3.03. The molecule has 0 spiro atoms. The van der Waals surface area contributed by atoms with E-state index in [1.54, 1.807) is 12.2 Å². The van der Waals surface area contributed by atoms with Crippen molar-refractivity contribution >= 4 is 23.6 Å². The predicted octanol–water partition coefficient (Wildman–Crippen LogP) is 3.81. The van der Waals surface area contributed by atoms with E-state index >= 15 is 0 Å². The van der Waals surface area contributed by atoms with E-state index < -0.39 is 0 Å². The van der Waals surface area contributed by atoms with Crippen molar-refractivity contribution < 1.29 is 9.53 Å². The first-order valence-electron chi connectivity index (χ1n) is 11.1. The summed E-state index contributed by atoms with van der Waals surface area (Å²) in [6.07, 6.45) is 11.3. The summed E-state index contributed by atoms with van der Waals surface area (Å²) in [6, 6.07) is 0. The highest BCUT2D eigenvalue weighted by Crippen LogP contribution is 2.30. The predicted molar refractivity (Wildman–Crippen MR) is 117 cm³/mol. The van der Waals surface area contributed by atoms with Crippen molar-refractivity contribution in [2.24, 2.45) is 0 Å². The van der Waals surface area contributed by atoms with E-state index in [0.717, 1.165) is 69.8 Å². The maximum absolute atomic E-state index is 12.6. The number of unbranched alkanes of at least 4 members (excludes halogenated alkanes) is 1. The Morgan fingerprint density at radius 1 is 1.28 bits per heavy atom. The number of ether oxygens (including phenoxy) is 1. The molecule has 1 amide bonds. The Morgan fingerprint density at radius 2 is 2.00 bits per heavy atom. The number of aromatic nitrogens is 2. The van der Waals surface area contributed by atoms with Crippen LogP contribution in [0.3, 0.4) is 0 Å². The molecule has 0 saturated carbocycles. The van der Waals surface area contributed by atoms with Crippen LogP contribution in [0.5, 0.6) is 0 Å². The zero-order valence-corrected chi connectivity index (χ0v) is 18.6. The van der Waals surface area contributed by atoms with Gasteiger partial charge in [-0.3, -0.25) is 14.4 Å². The van der Waals surface area contributed by atoms with Gasteiger partial charge < -0.3 is 10.1 Å². The van der Waals surface area contributed by atoms with Crippen molar-refractivity contribution in [3.05, 3.63) is 22.5 Å². The van der Waals surface area contributed by atoms with E-state index in [1.807, 2.05) is 11.6 Å². The summed E-state index contributed by atoms with van der Waals surface area (Å²) in [5, 5.41) is 8.25. The van der Waals surface area contributed by atoms with Gasteiger partial charge in [-0.05, 0) is 58.2 Å². The van der Waals surface area contributed by atoms with Crippen LogP contribution in [0.4, 0.5) is 0 Å². The first-order chi connectivity index (χ1) is 14.1. The minimum atomic E-state index is -0.0790. The quantitative estimate of drug-likeness (QED) is 0.647. The third-order valence-corrected chi connectivity index (χ3v) is 6.67. The van der Waals surface area contributed by atoms with Crippen LogP contribution in [0.2, 0.25) is 5.15 Å². The molecule has 2 aliphatic rings. The Hall–Kier alpha value is -1.37. The molecule has 1 aromatic rings. The molecule has 2 saturated heterocycles. The van der Waals surface area contributed by atoms with Gasteiger partial charge in [0.1, 0.15) is 5.15 Å². The topological polar surface area (TPSA) is 59.4 Å². The number of aryl methyl sites for hydroxylation is 2. The molecule has 29 heavy (non-hydrogen) atoms. The fraction of sp³-hybridized carbons (Fsp3) is 0.727. The molecule has 3 heterocycles. The van der Waals surface area contributed by atoms with Crippen LogP contribution in [0, 0.1) is 6.92 Å². The number of amides is 1. The van der Waals surface area contributed by atoms with E-state index in [4.69, 9.17) is 16.3 Å². The number of piperidine rings is 1. The van der Waals surface area contributed by atoms with Crippen molar-refractivity contribution in [3.63, 3.8) is 0 Å². The Morgan fingerprint density at radius 3 is 2.69 bits per heavy atom. The molecule has 0 atom stereocenters. The van der Waals surface area contributed by atoms with E-state index in [0.29, 0.717) is 11.7 Å². The highest BCUT2D eigenvalue weighted by Gasteiger charge is 2.39. The van der Waals surface area contributed by atoms with Crippen molar-refractivity contribution in [1.29, 1.82) is 0 Å². The zero-order chi connectivity index (χ0) is 20.7. The van der Waals surface area contributed by atoms with E-state index in [9.17, 15) is 4.79 Å². The lowest BCUT2D eigenvalue weighted by molar-refractivity contribution is -0.118. The molecule has 2 fully saturated rings. The Bertz CT molecular complexity index is 704. The highest BCUT2D eigenvalue weighted by molar-refractivity contribution is 6.31. The van der Waals surface area contributed by atoms with Gasteiger partial charge in [-0.25, -0.2) is 0 Å². The SMILES string of the molecule is CCCCn1nc(C)c(C=CC(=O)NCC2(N3CCCCC3)CCOCC2)c1Cl. The fourth-order valence-corrected chi connectivity index (χ4v) is 4.73. The Kier molecular flexibility index (Phi) is 8.16. The minimum absolute atomic E-state index is 0.0285. The Balaban J connectivity index is 1.61. The lowest BCUT2D eigenvalue weighted by Crippen LogP contribution is -2.59. The van der Waals surface area contributed by atoms with Crippen LogP contribution in [0.15, 0.2) is 6.08 Å². The molecule has 1 N–H and O–H groups in total. The summed E-state index contributed by atoms with van der Waals surface area (Å²) in [5.74, 6) is -0.0790. The third-order valence-electron chi connectivity index (χ3n) is 6.28. The molecule has 0 radical (unpaired) electrons. The largest absolute Gasteiger partial charge is 0.381 e. The minimum Gasteiger partial charge on any atom is -0.381 e. The highest BCUT2D eigenvalue weighted by atomic mass is 35.5. The van der Waals surface area contributed by atoms with Gasteiger partial charge in [-0.2, -0.15) is 5.10 Å². The summed E-state index contributed by atoms with van der Waals surface area (Å²) in [6.45, 7) is 9.33. The summed E-state index contributed by atoms with van der Waals surface area (Å²) >= 11 is 6.47. The number of halogens is 1. The smallest absolute Gasteiger partial charge is 0.244 e. The second-order valence-electron chi connectivity index (χ2n) is 8.30. The summed E-state index contributed by atoms with van der Waals surface area (Å²) in [4.78, 5) is 15.2. The van der Waals surface area contributed by atoms with Crippen molar-refractivity contribution in [3.8, 4) is 0 Å². The van der Waals surface area contributed by atoms with Gasteiger partial charge in [-0.1, -0.05) is 31.4 Å². The van der Waals surface area contributed by atoms with Crippen LogP contribution >= 0.6 is 11.6 Å². The summed E-state index contributed by atoms with van der Waals surface area (Å²) in [7, 11) is 0. The van der Waals surface area contributed by atoms with Gasteiger partial charge in [0.05, 0.1) is 5.69 Å². The molecule has 3 rings (SSSR count). The summed E-state index contributed by atoms with van der Waals surface area (Å²) < 4.78 is 7.43. The molecule has 1 aromatic heterocycles. The van der Waals surface area contributed by atoms with Crippen LogP contribution in [-0.2, 0) is 16.1 Å². The first-order valence-corrected chi connectivity index (χ1v) is 11.4. The molecule has 2 aliphatic heterocycles. The van der Waals surface area contributed by atoms with E-state index in [-0.39, 0.29) is 11.4 Å². The van der Waals surface area contributed by atoms with Gasteiger partial charge in [0.2, 0.25) is 5.91 Å². The Labute approximate surface area is 179 Å². The lowest BCUT2D eigenvalue weighted by Gasteiger charge is -2.48. The lowest BCUT2D eigenvalue weighted by atomic mass is 9.86. The van der Waals surface area contributed by atoms with Crippen LogP contribution < -0.4 is 5.32 Å². The number of hydrogen-bond acceptors (Lipinski definition) is 4. The second kappa shape index (κ2) is 10.6. The van der Waals surface area contributed by atoms with Crippen molar-refractivity contribution in [2.75, 3.05) is 32.8 Å². The van der Waals surface area contributed by atoms with E-state index in [1.165, 1.54) is 19.3 Å². The fourth-order valence-electron chi connectivity index (χ4n) is 4.41. The zero-order valence-electron chi connectivity index (χ0n) is 17.9. The van der Waals surface area contributed by atoms with Crippen molar-refractivity contribution in [2.45, 2.75) is 70.9 Å². The van der Waals surface area contributed by atoms with E-state index in [2.05, 4.69) is 22.2 Å². The molecule has 7 heteroatoms. The number of rotatable bonds is 8. The van der Waals surface area contributed by atoms with Gasteiger partial charge in [-0.15, -0.1) is 0 Å². The first kappa shape index (κ1) is 22.3. The molecule has 0 bridgehead atoms. The monoisotopic (exact) mass is 422 g/mol. The molecule has 0 aliphatic carbocycles. The number of likely N-dealkylation sites (tertiary alicyclic amines) is 1. The molecular weight excluding hydrogens is 388 g/mol. The molecule has 0 aromatic carbocycles. The van der Waals surface area contributed by atoms with Gasteiger partial charge in [0.15, 0.2) is 0 Å². The average molecular weight is 423 g/mol. The van der Waals surface area contributed by atoms with Crippen LogP contribution in [0.1, 0.15) is 63.1 Å². The molecule has 0 unspecified atom stereocenters. The van der Waals surface area contributed by atoms with Gasteiger partial charge in [0.25, 0.3) is 0 Å². The standard InChI is InChI=1S/C22H35ClN4O2/c1-3-4-14-27-21(23)19(18(2)25-27)8-9-20(28)24-17-22(10-15-29-16-11-22)26-12-6-5-7-13-26/h8-9H,3-7,10-17H2,1-2H3,(H,24,28). The normalized spacial score (nSPS) is 20.2. The summed E-state index contributed by atoms with van der Waals surface area (Å²) in [5.41, 5.74) is 1.71. The number of carbonyl (C=O) groups excluding carboxylic acids is 1. The maximum Gasteiger partial charge on any atom is 0.244 e. The van der Waals surface area contributed by atoms with Crippen LogP contribution in [-0.4, -0.2) is 59.0 Å². The second-order valence-corrected chi connectivity index (χ2v) is 8.66. The number of hydrogen-bond donors (Lipinski definition) is 1.